The lowest BCUT2D eigenvalue weighted by atomic mass is 9.95. The number of carbonyl (C=O) groups is 3. The van der Waals surface area contributed by atoms with Gasteiger partial charge < -0.3 is 64.7 Å². The van der Waals surface area contributed by atoms with Gasteiger partial charge >= 0.3 is 32.7 Å². The molecule has 0 aliphatic carbocycles. The summed E-state index contributed by atoms with van der Waals surface area (Å²) < 4.78 is 98.3. The van der Waals surface area contributed by atoms with Crippen LogP contribution in [0.3, 0.4) is 0 Å². The molecule has 2 fully saturated rings. The third-order valence-electron chi connectivity index (χ3n) is 6.43. The number of aliphatic carboxylic acids is 2. The van der Waals surface area contributed by atoms with Gasteiger partial charge in [-0.15, -0.1) is 0 Å². The average molecular weight is 716 g/mol. The monoisotopic (exact) mass is 715 g/mol. The van der Waals surface area contributed by atoms with Crippen LogP contribution in [0.5, 0.6) is 0 Å². The molecule has 24 nitrogen and oxygen atoms in total. The average Bonchev–Trinajstić information content (AvgIpc) is 2.91. The molecule has 3 aliphatic heterocycles. The van der Waals surface area contributed by atoms with E-state index in [1.807, 2.05) is 0 Å². The molecule has 0 aromatic rings. The SMILES string of the molecule is CC(=O)N[C@H]1[C@H](O[C@H]2[C@H](O)[C@@H](O)[C@@H](O)O[C@@H]2C(=O)O)O[C@H](COS(=O)(=O)O)[C@H](O)[C@@H]1O[C@@H]1OC(C(=O)O)=C[C@H](O)[C@H]1OS(=O)(=O)O. The van der Waals surface area contributed by atoms with Crippen molar-refractivity contribution in [2.24, 2.45) is 0 Å². The maximum absolute atomic E-state index is 12.2. The number of carbonyl (C=O) groups excluding carboxylic acids is 1. The lowest BCUT2D eigenvalue weighted by Crippen LogP contribution is -2.69. The molecule has 26 heteroatoms. The molecule has 0 aromatic carbocycles. The van der Waals surface area contributed by atoms with Gasteiger partial charge in [-0.25, -0.2) is 18.0 Å². The van der Waals surface area contributed by atoms with Gasteiger partial charge in [-0.3, -0.25) is 13.9 Å². The molecule has 0 bridgehead atoms. The summed E-state index contributed by atoms with van der Waals surface area (Å²) in [6.07, 6.45) is -26.4. The van der Waals surface area contributed by atoms with Crippen molar-refractivity contribution in [2.75, 3.05) is 6.61 Å². The Hall–Kier alpha value is -2.67. The fourth-order valence-electron chi connectivity index (χ4n) is 4.50. The van der Waals surface area contributed by atoms with Crippen molar-refractivity contribution in [3.8, 4) is 0 Å². The van der Waals surface area contributed by atoms with E-state index in [1.54, 1.807) is 0 Å². The second-order valence-corrected chi connectivity index (χ2v) is 11.9. The van der Waals surface area contributed by atoms with Crippen molar-refractivity contribution in [1.29, 1.82) is 0 Å². The Morgan fingerprint density at radius 2 is 1.46 bits per heavy atom. The van der Waals surface area contributed by atoms with E-state index in [9.17, 15) is 71.5 Å². The van der Waals surface area contributed by atoms with Crippen molar-refractivity contribution in [3.63, 3.8) is 0 Å². The highest BCUT2D eigenvalue weighted by Gasteiger charge is 2.55. The summed E-state index contributed by atoms with van der Waals surface area (Å²) >= 11 is 0. The Bertz CT molecular complexity index is 1390. The molecule has 3 rings (SSSR count). The van der Waals surface area contributed by atoms with Gasteiger partial charge in [0, 0.05) is 6.92 Å². The molecule has 264 valence electrons. The summed E-state index contributed by atoms with van der Waals surface area (Å²) in [5, 5.41) is 72.7. The minimum atomic E-state index is -5.44. The first-order valence-corrected chi connectivity index (χ1v) is 15.2. The van der Waals surface area contributed by atoms with E-state index >= 15 is 0 Å². The van der Waals surface area contributed by atoms with Crippen molar-refractivity contribution in [1.82, 2.24) is 5.32 Å². The molecule has 3 heterocycles. The van der Waals surface area contributed by atoms with E-state index in [4.69, 9.17) is 28.2 Å². The first kappa shape index (κ1) is 37.8. The number of ether oxygens (including phenoxy) is 5. The Kier molecular flexibility index (Phi) is 12.0. The number of aliphatic hydroxyl groups excluding tert-OH is 5. The predicted octanol–water partition coefficient (Wildman–Crippen LogP) is -6.44. The molecular formula is C20H29NO23S2. The Morgan fingerprint density at radius 3 is 1.98 bits per heavy atom. The van der Waals surface area contributed by atoms with E-state index in [2.05, 4.69) is 13.7 Å². The molecule has 13 atom stereocenters. The van der Waals surface area contributed by atoms with Crippen LogP contribution in [-0.4, -0.2) is 166 Å². The highest BCUT2D eigenvalue weighted by atomic mass is 32.3. The van der Waals surface area contributed by atoms with E-state index in [-0.39, 0.29) is 0 Å². The van der Waals surface area contributed by atoms with Gasteiger partial charge in [0.25, 0.3) is 0 Å². The Labute approximate surface area is 257 Å². The fraction of sp³-hybridized carbons (Fsp3) is 0.750. The Balaban J connectivity index is 2.08. The van der Waals surface area contributed by atoms with E-state index in [0.717, 1.165) is 6.92 Å². The van der Waals surface area contributed by atoms with Crippen molar-refractivity contribution >= 4 is 38.6 Å². The van der Waals surface area contributed by atoms with Crippen molar-refractivity contribution in [2.45, 2.75) is 86.8 Å². The summed E-state index contributed by atoms with van der Waals surface area (Å²) in [6.45, 7) is -0.414. The van der Waals surface area contributed by atoms with E-state index in [1.165, 1.54) is 0 Å². The number of amides is 1. The fourth-order valence-corrected chi connectivity index (χ4v) is 5.29. The van der Waals surface area contributed by atoms with Gasteiger partial charge in [0.2, 0.25) is 18.0 Å². The summed E-state index contributed by atoms with van der Waals surface area (Å²) in [7, 11) is -10.7. The van der Waals surface area contributed by atoms with Gasteiger partial charge in [0.05, 0.1) is 6.61 Å². The van der Waals surface area contributed by atoms with Crippen LogP contribution in [0.15, 0.2) is 11.8 Å². The molecule has 2 saturated heterocycles. The third-order valence-corrected chi connectivity index (χ3v) is 7.33. The molecule has 0 unspecified atom stereocenters. The summed E-state index contributed by atoms with van der Waals surface area (Å²) in [5.41, 5.74) is 0. The zero-order valence-electron chi connectivity index (χ0n) is 22.8. The maximum Gasteiger partial charge on any atom is 0.397 e. The van der Waals surface area contributed by atoms with Crippen LogP contribution in [0.4, 0.5) is 0 Å². The summed E-state index contributed by atoms with van der Waals surface area (Å²) in [5.74, 6) is -5.79. The van der Waals surface area contributed by atoms with Gasteiger partial charge in [0.1, 0.15) is 48.8 Å². The quantitative estimate of drug-likeness (QED) is 0.0839. The standard InChI is InChI=1S/C20H29NO23S2/c1-4(22)21-8-13(42-20-12(44-46(35,36)37)5(23)2-6(39-20)16(27)28)9(24)7(3-38-45(32,33)34)40-19(8)43-14-10(25)11(26)18(31)41-15(14)17(29)30/h2,5,7-15,18-20,23-26,31H,3H2,1H3,(H,21,22)(H,27,28)(H,29,30)(H,32,33,34)(H,35,36,37)/t5-,7+,8+,9-,10+,11+,12+,13+,14-,15-,18-,19-,20-/m0/s1. The Morgan fingerprint density at radius 1 is 0.848 bits per heavy atom. The zero-order valence-corrected chi connectivity index (χ0v) is 24.5. The number of nitrogens with one attached hydrogen (secondary N) is 1. The molecule has 0 saturated carbocycles. The van der Waals surface area contributed by atoms with Gasteiger partial charge in [-0.1, -0.05) is 0 Å². The number of aliphatic hydroxyl groups is 5. The van der Waals surface area contributed by atoms with Gasteiger partial charge in [-0.05, 0) is 6.08 Å². The molecule has 0 aromatic heterocycles. The molecule has 3 aliphatic rings. The lowest BCUT2D eigenvalue weighted by Gasteiger charge is -2.48. The number of carboxylic acids is 2. The summed E-state index contributed by atoms with van der Waals surface area (Å²) in [4.78, 5) is 35.5. The highest BCUT2D eigenvalue weighted by Crippen LogP contribution is 2.33. The first-order valence-electron chi connectivity index (χ1n) is 12.5. The predicted molar refractivity (Wildman–Crippen MR) is 133 cm³/mol. The second kappa shape index (κ2) is 14.6. The molecule has 0 spiro atoms. The largest absolute Gasteiger partial charge is 0.479 e. The van der Waals surface area contributed by atoms with Crippen LogP contribution in [-0.2, 0) is 67.2 Å². The maximum atomic E-state index is 12.2. The van der Waals surface area contributed by atoms with Crippen molar-refractivity contribution < 1.29 is 108 Å². The van der Waals surface area contributed by atoms with Gasteiger partial charge in [0.15, 0.2) is 24.8 Å². The molecule has 10 N–H and O–H groups in total. The summed E-state index contributed by atoms with van der Waals surface area (Å²) in [6, 6.07) is -1.97. The first-order chi connectivity index (χ1) is 21.1. The highest BCUT2D eigenvalue weighted by molar-refractivity contribution is 7.81. The van der Waals surface area contributed by atoms with E-state index < -0.39 is 131 Å². The second-order valence-electron chi connectivity index (χ2n) is 9.74. The topological polar surface area (TPSA) is 378 Å². The normalized spacial score (nSPS) is 38.7. The minimum Gasteiger partial charge on any atom is -0.479 e. The van der Waals surface area contributed by atoms with Crippen LogP contribution in [0.25, 0.3) is 0 Å². The molecule has 46 heavy (non-hydrogen) atoms. The van der Waals surface area contributed by atoms with Crippen LogP contribution in [0, 0.1) is 0 Å². The smallest absolute Gasteiger partial charge is 0.397 e. The number of hydrogen-bond donors (Lipinski definition) is 10. The van der Waals surface area contributed by atoms with Crippen LogP contribution in [0.1, 0.15) is 6.92 Å². The van der Waals surface area contributed by atoms with Crippen molar-refractivity contribution in [3.05, 3.63) is 11.8 Å². The lowest BCUT2D eigenvalue weighted by molar-refractivity contribution is -0.346. The van der Waals surface area contributed by atoms with Gasteiger partial charge in [-0.2, -0.15) is 16.8 Å². The van der Waals surface area contributed by atoms with E-state index in [0.29, 0.717) is 6.08 Å². The number of carboxylic acid groups (broad SMARTS) is 2. The molecule has 1 amide bonds. The molecular weight excluding hydrogens is 686 g/mol. The van der Waals surface area contributed by atoms with Crippen LogP contribution >= 0.6 is 0 Å². The van der Waals surface area contributed by atoms with Crippen LogP contribution in [0.2, 0.25) is 0 Å². The third kappa shape index (κ3) is 9.45. The van der Waals surface area contributed by atoms with Crippen LogP contribution < -0.4 is 5.32 Å². The number of hydrogen-bond acceptors (Lipinski definition) is 19. The number of rotatable bonds is 12. The minimum absolute atomic E-state index is 0.439. The zero-order chi connectivity index (χ0) is 34.9. The molecule has 0 radical (unpaired) electrons.